The van der Waals surface area contributed by atoms with Crippen LogP contribution in [-0.4, -0.2) is 41.1 Å². The number of hydrogen-bond acceptors (Lipinski definition) is 7. The van der Waals surface area contributed by atoms with E-state index in [4.69, 9.17) is 19.2 Å². The fourth-order valence-electron chi connectivity index (χ4n) is 4.66. The van der Waals surface area contributed by atoms with E-state index in [1.165, 1.54) is 0 Å². The van der Waals surface area contributed by atoms with Crippen LogP contribution in [0.15, 0.2) is 24.3 Å². The van der Waals surface area contributed by atoms with Crippen molar-refractivity contribution in [1.29, 1.82) is 0 Å². The molecular weight excluding hydrogens is 448 g/mol. The predicted molar refractivity (Wildman–Crippen MR) is 129 cm³/mol. The van der Waals surface area contributed by atoms with Gasteiger partial charge < -0.3 is 19.2 Å². The summed E-state index contributed by atoms with van der Waals surface area (Å²) in [5, 5.41) is 0.742. The molecule has 3 aromatic rings. The van der Waals surface area contributed by atoms with Gasteiger partial charge >= 0.3 is 17.9 Å². The Labute approximate surface area is 204 Å². The molecule has 0 aliphatic heterocycles. The monoisotopic (exact) mass is 478 g/mol. The lowest BCUT2D eigenvalue weighted by atomic mass is 9.84. The van der Waals surface area contributed by atoms with Crippen LogP contribution in [-0.2, 0) is 33.7 Å². The van der Waals surface area contributed by atoms with Crippen molar-refractivity contribution < 1.29 is 28.6 Å². The van der Waals surface area contributed by atoms with Gasteiger partial charge in [-0.25, -0.2) is 14.4 Å². The Morgan fingerprint density at radius 2 is 1.69 bits per heavy atom. The number of nitrogens with one attached hydrogen (secondary N) is 1. The van der Waals surface area contributed by atoms with Gasteiger partial charge in [0.1, 0.15) is 12.3 Å². The van der Waals surface area contributed by atoms with Crippen molar-refractivity contribution in [3.8, 4) is 0 Å². The summed E-state index contributed by atoms with van der Waals surface area (Å²) in [6.45, 7) is 7.33. The molecule has 8 heteroatoms. The van der Waals surface area contributed by atoms with Crippen molar-refractivity contribution in [3.05, 3.63) is 63.6 Å². The quantitative estimate of drug-likeness (QED) is 0.387. The lowest BCUT2D eigenvalue weighted by Crippen LogP contribution is -2.19. The van der Waals surface area contributed by atoms with Crippen LogP contribution in [0.3, 0.4) is 0 Å². The molecule has 1 N–H and O–H groups in total. The highest BCUT2D eigenvalue weighted by Crippen LogP contribution is 2.32. The molecule has 35 heavy (non-hydrogen) atoms. The second kappa shape index (κ2) is 10.3. The van der Waals surface area contributed by atoms with Crippen LogP contribution in [0.5, 0.6) is 0 Å². The normalized spacial score (nSPS) is 14.9. The minimum Gasteiger partial charge on any atom is -0.462 e. The van der Waals surface area contributed by atoms with Crippen molar-refractivity contribution in [2.45, 2.75) is 53.6 Å². The number of benzene rings is 1. The summed E-state index contributed by atoms with van der Waals surface area (Å²) in [6, 6.07) is 7.54. The van der Waals surface area contributed by atoms with Gasteiger partial charge in [-0.2, -0.15) is 0 Å². The first kappa shape index (κ1) is 24.4. The van der Waals surface area contributed by atoms with Gasteiger partial charge in [-0.15, -0.1) is 0 Å². The minimum atomic E-state index is -0.594. The van der Waals surface area contributed by atoms with Gasteiger partial charge in [0.15, 0.2) is 0 Å². The lowest BCUT2D eigenvalue weighted by molar-refractivity contribution is 0.0446. The standard InChI is InChI=1S/C27H30N2O6/c1-5-33-25(30)22-16(4)24(27(32)34-6-2)29-21(22)14-35-26(31)23-17-9-7-8-10-19(17)28-20-12-11-15(3)13-18(20)23/h7-10,15,29H,5-6,11-14H2,1-4H3/t15-/m1/s1. The Morgan fingerprint density at radius 3 is 2.43 bits per heavy atom. The number of para-hydroxylation sites is 1. The van der Waals surface area contributed by atoms with Crippen molar-refractivity contribution in [2.24, 2.45) is 5.92 Å². The Balaban J connectivity index is 1.70. The van der Waals surface area contributed by atoms with E-state index in [0.717, 1.165) is 41.4 Å². The molecule has 0 amide bonds. The van der Waals surface area contributed by atoms with E-state index in [1.54, 1.807) is 20.8 Å². The Kier molecular flexibility index (Phi) is 7.19. The topological polar surface area (TPSA) is 108 Å². The van der Waals surface area contributed by atoms with E-state index < -0.39 is 17.9 Å². The maximum atomic E-state index is 13.5. The third kappa shape index (κ3) is 4.78. The number of H-pyrrole nitrogens is 1. The number of carbonyl (C=O) groups is 3. The number of nitrogens with zero attached hydrogens (tertiary/aromatic N) is 1. The average molecular weight is 479 g/mol. The molecule has 0 saturated carbocycles. The number of ether oxygens (including phenoxy) is 3. The smallest absolute Gasteiger partial charge is 0.355 e. The maximum Gasteiger partial charge on any atom is 0.355 e. The Bertz CT molecular complexity index is 1290. The predicted octanol–water partition coefficient (Wildman–Crippen LogP) is 4.71. The average Bonchev–Trinajstić information content (AvgIpc) is 3.17. The summed E-state index contributed by atoms with van der Waals surface area (Å²) in [5.74, 6) is -1.24. The van der Waals surface area contributed by atoms with Gasteiger partial charge in [0, 0.05) is 11.1 Å². The second-order valence-corrected chi connectivity index (χ2v) is 8.77. The molecule has 0 radical (unpaired) electrons. The largest absolute Gasteiger partial charge is 0.462 e. The van der Waals surface area contributed by atoms with Crippen LogP contribution in [0.1, 0.15) is 80.9 Å². The summed E-state index contributed by atoms with van der Waals surface area (Å²) < 4.78 is 16.0. The fourth-order valence-corrected chi connectivity index (χ4v) is 4.66. The maximum absolute atomic E-state index is 13.5. The van der Waals surface area contributed by atoms with Gasteiger partial charge in [-0.1, -0.05) is 25.1 Å². The molecule has 8 nitrogen and oxygen atoms in total. The van der Waals surface area contributed by atoms with E-state index in [-0.39, 0.29) is 36.8 Å². The van der Waals surface area contributed by atoms with Gasteiger partial charge in [0.05, 0.1) is 35.6 Å². The van der Waals surface area contributed by atoms with Crippen LogP contribution in [0, 0.1) is 12.8 Å². The Morgan fingerprint density at radius 1 is 1.00 bits per heavy atom. The van der Waals surface area contributed by atoms with E-state index in [1.807, 2.05) is 24.3 Å². The van der Waals surface area contributed by atoms with Crippen molar-refractivity contribution in [1.82, 2.24) is 9.97 Å². The number of carbonyl (C=O) groups excluding carboxylic acids is 3. The van der Waals surface area contributed by atoms with Crippen molar-refractivity contribution >= 4 is 28.8 Å². The van der Waals surface area contributed by atoms with Crippen LogP contribution in [0.25, 0.3) is 10.9 Å². The molecule has 0 unspecified atom stereocenters. The Hall–Kier alpha value is -3.68. The highest BCUT2D eigenvalue weighted by Gasteiger charge is 2.29. The van der Waals surface area contributed by atoms with E-state index in [0.29, 0.717) is 17.0 Å². The highest BCUT2D eigenvalue weighted by atomic mass is 16.5. The SMILES string of the molecule is CCOC(=O)c1[nH]c(COC(=O)c2c3c(nc4ccccc24)CC[C@@H](C)C3)c(C(=O)OCC)c1C. The third-order valence-electron chi connectivity index (χ3n) is 6.34. The zero-order valence-electron chi connectivity index (χ0n) is 20.5. The number of esters is 3. The molecule has 1 aliphatic carbocycles. The van der Waals surface area contributed by atoms with E-state index >= 15 is 0 Å². The van der Waals surface area contributed by atoms with E-state index in [2.05, 4.69) is 11.9 Å². The number of aryl methyl sites for hydroxylation is 1. The third-order valence-corrected chi connectivity index (χ3v) is 6.34. The number of hydrogen-bond donors (Lipinski definition) is 1. The molecule has 1 aromatic carbocycles. The van der Waals surface area contributed by atoms with Crippen LogP contribution >= 0.6 is 0 Å². The molecule has 4 rings (SSSR count). The molecule has 0 bridgehead atoms. The summed E-state index contributed by atoms with van der Waals surface area (Å²) in [7, 11) is 0. The zero-order chi connectivity index (χ0) is 25.1. The van der Waals surface area contributed by atoms with Gasteiger partial charge in [-0.05, 0) is 63.1 Å². The van der Waals surface area contributed by atoms with Crippen molar-refractivity contribution in [3.63, 3.8) is 0 Å². The fraction of sp³-hybridized carbons (Fsp3) is 0.407. The molecule has 1 atom stereocenters. The number of rotatable bonds is 7. The summed E-state index contributed by atoms with van der Waals surface area (Å²) in [5.41, 5.74) is 4.13. The highest BCUT2D eigenvalue weighted by molar-refractivity contribution is 6.05. The summed E-state index contributed by atoms with van der Waals surface area (Å²) >= 11 is 0. The molecule has 2 heterocycles. The number of aromatic nitrogens is 2. The molecule has 184 valence electrons. The van der Waals surface area contributed by atoms with Crippen LogP contribution < -0.4 is 0 Å². The van der Waals surface area contributed by atoms with Gasteiger partial charge in [0.25, 0.3) is 0 Å². The zero-order valence-corrected chi connectivity index (χ0v) is 20.5. The first-order chi connectivity index (χ1) is 16.8. The number of pyridine rings is 1. The number of aromatic amines is 1. The lowest BCUT2D eigenvalue weighted by Gasteiger charge is -2.24. The molecule has 1 aliphatic rings. The number of fused-ring (bicyclic) bond motifs is 2. The summed E-state index contributed by atoms with van der Waals surface area (Å²) in [6.07, 6.45) is 2.59. The molecule has 0 saturated heterocycles. The van der Waals surface area contributed by atoms with Crippen molar-refractivity contribution in [2.75, 3.05) is 13.2 Å². The first-order valence-corrected chi connectivity index (χ1v) is 12.0. The van der Waals surface area contributed by atoms with Crippen LogP contribution in [0.4, 0.5) is 0 Å². The minimum absolute atomic E-state index is 0.140. The molecular formula is C27H30N2O6. The van der Waals surface area contributed by atoms with Gasteiger partial charge in [0.2, 0.25) is 0 Å². The first-order valence-electron chi connectivity index (χ1n) is 12.0. The van der Waals surface area contributed by atoms with Crippen LogP contribution in [0.2, 0.25) is 0 Å². The molecule has 2 aromatic heterocycles. The summed E-state index contributed by atoms with van der Waals surface area (Å²) in [4.78, 5) is 46.2. The van der Waals surface area contributed by atoms with Gasteiger partial charge in [-0.3, -0.25) is 4.98 Å². The molecule has 0 fully saturated rings. The van der Waals surface area contributed by atoms with E-state index in [9.17, 15) is 14.4 Å². The second-order valence-electron chi connectivity index (χ2n) is 8.77. The molecule has 0 spiro atoms.